The number of carbonyl (C=O) groups excluding carboxylic acids is 6. The first-order valence-corrected chi connectivity index (χ1v) is 19.3. The summed E-state index contributed by atoms with van der Waals surface area (Å²) in [5.74, 6) is -1.92. The first-order chi connectivity index (χ1) is 26.4. The zero-order valence-electron chi connectivity index (χ0n) is 35.2. The topological polar surface area (TPSA) is 237 Å². The zero-order valence-corrected chi connectivity index (χ0v) is 35.2. The second-order valence-electron chi connectivity index (χ2n) is 13.9. The molecule has 0 radical (unpaired) electrons. The van der Waals surface area contributed by atoms with Crippen LogP contribution in [0.5, 0.6) is 0 Å². The van der Waals surface area contributed by atoms with Crippen LogP contribution >= 0.6 is 0 Å². The van der Waals surface area contributed by atoms with Gasteiger partial charge in [0, 0.05) is 28.4 Å². The van der Waals surface area contributed by atoms with Crippen LogP contribution in [0.25, 0.3) is 0 Å². The quantitative estimate of drug-likeness (QED) is 0.0263. The first-order valence-electron chi connectivity index (χ1n) is 19.3. The molecule has 4 N–H and O–H groups in total. The molecule has 0 fully saturated rings. The Hall–Kier alpha value is -4.90. The smallest absolute Gasteiger partial charge is 0.355 e. The van der Waals surface area contributed by atoms with Gasteiger partial charge in [-0.2, -0.15) is 15.3 Å². The Bertz CT molecular complexity index is 1400. The molecular weight excluding hydrogens is 728 g/mol. The van der Waals surface area contributed by atoms with Gasteiger partial charge in [-0.05, 0) is 92.9 Å². The molecule has 0 spiro atoms. The number of amides is 4. The highest BCUT2D eigenvalue weighted by atomic mass is 16.6. The van der Waals surface area contributed by atoms with Crippen molar-refractivity contribution >= 4 is 58.8 Å². The molecule has 0 aliphatic carbocycles. The van der Waals surface area contributed by atoms with E-state index in [0.29, 0.717) is 23.6 Å². The average molecular weight is 795 g/mol. The third-order valence-corrected chi connectivity index (χ3v) is 8.99. The molecule has 0 rings (SSSR count). The summed E-state index contributed by atoms with van der Waals surface area (Å²) < 4.78 is 20.4. The molecule has 18 heteroatoms. The number of rotatable bonds is 27. The molecule has 0 saturated carbocycles. The van der Waals surface area contributed by atoms with Gasteiger partial charge >= 0.3 is 35.9 Å². The van der Waals surface area contributed by atoms with Gasteiger partial charge in [0.05, 0.1) is 31.2 Å². The number of urea groups is 2. The number of hydrogen-bond donors (Lipinski definition) is 4. The minimum Gasteiger partial charge on any atom is -0.462 e. The summed E-state index contributed by atoms with van der Waals surface area (Å²) >= 11 is 0. The minimum absolute atomic E-state index is 0.0128. The Kier molecular flexibility index (Phi) is 26.0. The number of carbonyl (C=O) groups is 6. The Morgan fingerprint density at radius 3 is 1.05 bits per heavy atom. The van der Waals surface area contributed by atoms with E-state index in [4.69, 9.17) is 23.9 Å². The van der Waals surface area contributed by atoms with Crippen LogP contribution in [-0.2, 0) is 38.1 Å². The second kappa shape index (κ2) is 28.5. The van der Waals surface area contributed by atoms with Crippen molar-refractivity contribution in [3.63, 3.8) is 0 Å². The van der Waals surface area contributed by atoms with Crippen LogP contribution in [0, 0.1) is 0 Å². The lowest BCUT2D eigenvalue weighted by Gasteiger charge is -2.27. The molecular formula is C38H66N8O10. The summed E-state index contributed by atoms with van der Waals surface area (Å²) in [7, 11) is 0. The number of hydrazone groups is 3. The van der Waals surface area contributed by atoms with Gasteiger partial charge in [0.25, 0.3) is 0 Å². The monoisotopic (exact) mass is 794 g/mol. The summed E-state index contributed by atoms with van der Waals surface area (Å²) in [6, 6.07) is -1.14. The third kappa shape index (κ3) is 26.0. The van der Waals surface area contributed by atoms with Gasteiger partial charge in [0.1, 0.15) is 26.4 Å². The van der Waals surface area contributed by atoms with E-state index in [2.05, 4.69) is 57.7 Å². The summed E-state index contributed by atoms with van der Waals surface area (Å²) in [5, 5.41) is 14.7. The van der Waals surface area contributed by atoms with Gasteiger partial charge in [-0.3, -0.25) is 24.2 Å². The Labute approximate surface area is 331 Å². The molecule has 18 nitrogen and oxygen atoms in total. The maximum Gasteiger partial charge on any atom is 0.355 e. The molecule has 0 bridgehead atoms. The van der Waals surface area contributed by atoms with Crippen LogP contribution in [0.15, 0.2) is 20.3 Å². The molecule has 0 saturated heterocycles. The fraction of sp³-hybridized carbons (Fsp3) is 0.737. The van der Waals surface area contributed by atoms with Crippen molar-refractivity contribution in [2.24, 2.45) is 20.3 Å². The van der Waals surface area contributed by atoms with E-state index >= 15 is 0 Å². The molecule has 0 aliphatic heterocycles. The van der Waals surface area contributed by atoms with Crippen LogP contribution in [0.1, 0.15) is 146 Å². The van der Waals surface area contributed by atoms with Crippen molar-refractivity contribution in [1.29, 1.82) is 0 Å². The minimum atomic E-state index is -0.724. The molecule has 0 heterocycles. The number of nitrogens with one attached hydrogen (secondary N) is 4. The highest BCUT2D eigenvalue weighted by Crippen LogP contribution is 2.20. The molecule has 0 unspecified atom stereocenters. The molecule has 0 aromatic heterocycles. The van der Waals surface area contributed by atoms with Gasteiger partial charge in [-0.15, -0.1) is 0 Å². The van der Waals surface area contributed by atoms with E-state index in [-0.39, 0.29) is 88.4 Å². The molecule has 56 heavy (non-hydrogen) atoms. The third-order valence-electron chi connectivity index (χ3n) is 8.99. The number of nitrogens with zero attached hydrogens (tertiary/aromatic N) is 4. The average Bonchev–Trinajstić information content (AvgIpc) is 3.18. The van der Waals surface area contributed by atoms with Crippen molar-refractivity contribution in [2.45, 2.75) is 157 Å². The van der Waals surface area contributed by atoms with Crippen LogP contribution in [0.2, 0.25) is 0 Å². The summed E-state index contributed by atoms with van der Waals surface area (Å²) in [6.07, 6.45) is 4.84. The second-order valence-corrected chi connectivity index (χ2v) is 13.9. The van der Waals surface area contributed by atoms with E-state index in [9.17, 15) is 28.8 Å². The van der Waals surface area contributed by atoms with Gasteiger partial charge < -0.3 is 24.3 Å². The first kappa shape index (κ1) is 51.1. The fourth-order valence-corrected chi connectivity index (χ4v) is 4.33. The van der Waals surface area contributed by atoms with E-state index in [1.165, 1.54) is 0 Å². The number of hydrogen-bond acceptors (Lipinski definition) is 14. The highest BCUT2D eigenvalue weighted by molar-refractivity contribution is 5.89. The van der Waals surface area contributed by atoms with E-state index < -0.39 is 30.0 Å². The van der Waals surface area contributed by atoms with Crippen molar-refractivity contribution < 1.29 is 47.7 Å². The SMILES string of the molecule is CCC(C)(CC)N=C(C)CCC(=O)OCCOC(=O)CCC(C)=NNC(=O)NN=C(C)CCC(=O)OCCOC(=O)CCC(C)=NNC(=O)NC(C)(CC)CC. The highest BCUT2D eigenvalue weighted by Gasteiger charge is 2.22. The van der Waals surface area contributed by atoms with Crippen molar-refractivity contribution in [3.8, 4) is 0 Å². The van der Waals surface area contributed by atoms with Crippen molar-refractivity contribution in [1.82, 2.24) is 21.6 Å². The van der Waals surface area contributed by atoms with Crippen molar-refractivity contribution in [2.75, 3.05) is 26.4 Å². The molecule has 0 aromatic carbocycles. The van der Waals surface area contributed by atoms with E-state index in [1.54, 1.807) is 20.8 Å². The van der Waals surface area contributed by atoms with E-state index in [0.717, 1.165) is 31.4 Å². The molecule has 318 valence electrons. The predicted octanol–water partition coefficient (Wildman–Crippen LogP) is 5.62. The lowest BCUT2D eigenvalue weighted by atomic mass is 9.96. The lowest BCUT2D eigenvalue weighted by Crippen LogP contribution is -2.48. The summed E-state index contributed by atoms with van der Waals surface area (Å²) in [6.45, 7) is 18.7. The van der Waals surface area contributed by atoms with Gasteiger partial charge in [0.15, 0.2) is 0 Å². The Morgan fingerprint density at radius 1 is 0.446 bits per heavy atom. The molecule has 4 amide bonds. The molecule has 0 atom stereocenters. The summed E-state index contributed by atoms with van der Waals surface area (Å²) in [4.78, 5) is 76.8. The number of ether oxygens (including phenoxy) is 4. The lowest BCUT2D eigenvalue weighted by molar-refractivity contribution is -0.152. The van der Waals surface area contributed by atoms with Crippen LogP contribution in [-0.4, -0.2) is 96.3 Å². The van der Waals surface area contributed by atoms with Gasteiger partial charge in [-0.1, -0.05) is 27.7 Å². The molecule has 0 aromatic rings. The Morgan fingerprint density at radius 2 is 0.750 bits per heavy atom. The van der Waals surface area contributed by atoms with Crippen LogP contribution < -0.4 is 21.6 Å². The number of aliphatic imine (C=N–C) groups is 1. The largest absolute Gasteiger partial charge is 0.462 e. The van der Waals surface area contributed by atoms with Crippen LogP contribution in [0.3, 0.4) is 0 Å². The standard InChI is InChI=1S/C38H66N8O10/c1-11-37(9,12-2)39-27(5)15-19-31(47)53-23-24-54-33(49)21-17-29(7)42-45-36(52)46-43-30(8)18-22-34(50)56-26-25-55-32(48)20-16-28(6)41-44-35(51)40-38(10,13-3)14-4/h11-26H2,1-10H3,(H2,40,44,51)(H2,45,46,52). The van der Waals surface area contributed by atoms with E-state index in [1.807, 2.05) is 27.7 Å². The number of esters is 4. The predicted molar refractivity (Wildman–Crippen MR) is 215 cm³/mol. The maximum atomic E-state index is 12.0. The van der Waals surface area contributed by atoms with Gasteiger partial charge in [-0.25, -0.2) is 25.9 Å². The molecule has 0 aliphatic rings. The normalized spacial score (nSPS) is 12.7. The van der Waals surface area contributed by atoms with Gasteiger partial charge in [0.2, 0.25) is 0 Å². The van der Waals surface area contributed by atoms with Crippen molar-refractivity contribution in [3.05, 3.63) is 0 Å². The van der Waals surface area contributed by atoms with Crippen LogP contribution in [0.4, 0.5) is 9.59 Å². The zero-order chi connectivity index (χ0) is 42.6. The Balaban J connectivity index is 4.17. The summed E-state index contributed by atoms with van der Waals surface area (Å²) in [5.41, 5.74) is 8.85. The maximum absolute atomic E-state index is 12.0. The fourth-order valence-electron chi connectivity index (χ4n) is 4.33.